The van der Waals surface area contributed by atoms with Gasteiger partial charge in [-0.25, -0.2) is 9.97 Å². The van der Waals surface area contributed by atoms with E-state index in [1.54, 1.807) is 6.20 Å². The molecule has 0 bridgehead atoms. The second-order valence-corrected chi connectivity index (χ2v) is 7.38. The number of anilines is 2. The van der Waals surface area contributed by atoms with E-state index in [0.29, 0.717) is 19.1 Å². The number of carbonyl (C=O) groups excluding carboxylic acids is 1. The quantitative estimate of drug-likeness (QED) is 0.902. The van der Waals surface area contributed by atoms with Crippen LogP contribution in [0.5, 0.6) is 0 Å². The van der Waals surface area contributed by atoms with Gasteiger partial charge in [-0.1, -0.05) is 25.3 Å². The Morgan fingerprint density at radius 2 is 1.78 bits per heavy atom. The van der Waals surface area contributed by atoms with Crippen molar-refractivity contribution in [3.8, 4) is 0 Å². The van der Waals surface area contributed by atoms with Gasteiger partial charge in [-0.2, -0.15) is 0 Å². The smallest absolute Gasteiger partial charge is 0.254 e. The van der Waals surface area contributed by atoms with Gasteiger partial charge in [-0.05, 0) is 37.1 Å². The minimum absolute atomic E-state index is 0.0877. The molecule has 1 amide bonds. The molecule has 27 heavy (non-hydrogen) atoms. The normalized spacial score (nSPS) is 18.4. The number of amides is 1. The molecule has 0 spiro atoms. The molecule has 1 aliphatic carbocycles. The zero-order valence-corrected chi connectivity index (χ0v) is 15.7. The minimum atomic E-state index is 0.0877. The molecule has 0 atom stereocenters. The van der Waals surface area contributed by atoms with E-state index in [1.807, 2.05) is 41.4 Å². The van der Waals surface area contributed by atoms with Crippen molar-refractivity contribution < 1.29 is 4.79 Å². The lowest BCUT2D eigenvalue weighted by atomic mass is 9.95. The summed E-state index contributed by atoms with van der Waals surface area (Å²) in [6.45, 7) is 3.04. The lowest BCUT2D eigenvalue weighted by molar-refractivity contribution is 0.0746. The molecular formula is C21H27N5O. The van der Waals surface area contributed by atoms with Crippen LogP contribution in [0.4, 0.5) is 11.6 Å². The topological polar surface area (TPSA) is 61.4 Å². The van der Waals surface area contributed by atoms with Crippen molar-refractivity contribution in [3.63, 3.8) is 0 Å². The predicted molar refractivity (Wildman–Crippen MR) is 107 cm³/mol. The molecular weight excluding hydrogens is 338 g/mol. The van der Waals surface area contributed by atoms with Gasteiger partial charge in [0.05, 0.1) is 0 Å². The summed E-state index contributed by atoms with van der Waals surface area (Å²) in [5.41, 5.74) is 0.717. The summed E-state index contributed by atoms with van der Waals surface area (Å²) in [4.78, 5) is 25.9. The van der Waals surface area contributed by atoms with E-state index in [0.717, 1.165) is 30.3 Å². The second kappa shape index (κ2) is 8.37. The van der Waals surface area contributed by atoms with E-state index in [-0.39, 0.29) is 5.91 Å². The summed E-state index contributed by atoms with van der Waals surface area (Å²) in [7, 11) is 0. The van der Waals surface area contributed by atoms with E-state index in [1.165, 1.54) is 32.1 Å². The number of aromatic nitrogens is 2. The number of rotatable bonds is 4. The summed E-state index contributed by atoms with van der Waals surface area (Å²) in [6.07, 6.45) is 9.81. The fourth-order valence-corrected chi connectivity index (χ4v) is 3.96. The van der Waals surface area contributed by atoms with Crippen LogP contribution in [0, 0.1) is 0 Å². The van der Waals surface area contributed by atoms with Gasteiger partial charge in [0.25, 0.3) is 5.91 Å². The molecule has 142 valence electrons. The van der Waals surface area contributed by atoms with Crippen LogP contribution in [0.2, 0.25) is 0 Å². The first kappa shape index (κ1) is 17.8. The number of hydrogen-bond acceptors (Lipinski definition) is 5. The molecule has 1 aliphatic heterocycles. The van der Waals surface area contributed by atoms with Crippen molar-refractivity contribution in [3.05, 3.63) is 48.3 Å². The molecule has 6 heteroatoms. The Morgan fingerprint density at radius 1 is 0.963 bits per heavy atom. The van der Waals surface area contributed by atoms with Crippen molar-refractivity contribution in [2.75, 3.05) is 36.4 Å². The summed E-state index contributed by atoms with van der Waals surface area (Å²) >= 11 is 0. The van der Waals surface area contributed by atoms with Crippen LogP contribution in [-0.2, 0) is 0 Å². The van der Waals surface area contributed by atoms with Crippen LogP contribution in [0.25, 0.3) is 0 Å². The molecule has 6 nitrogen and oxygen atoms in total. The first-order chi connectivity index (χ1) is 13.3. The first-order valence-electron chi connectivity index (χ1n) is 9.97. The van der Waals surface area contributed by atoms with Crippen LogP contribution >= 0.6 is 0 Å². The first-order valence-corrected chi connectivity index (χ1v) is 9.97. The Hall–Kier alpha value is -2.63. The van der Waals surface area contributed by atoms with Crippen molar-refractivity contribution >= 4 is 17.5 Å². The average molecular weight is 365 g/mol. The number of carbonyl (C=O) groups is 1. The van der Waals surface area contributed by atoms with E-state index in [2.05, 4.69) is 20.2 Å². The van der Waals surface area contributed by atoms with E-state index in [4.69, 9.17) is 0 Å². The monoisotopic (exact) mass is 365 g/mol. The lowest BCUT2D eigenvalue weighted by Crippen LogP contribution is -2.49. The number of hydrogen-bond donors (Lipinski definition) is 1. The number of nitrogens with zero attached hydrogens (tertiary/aromatic N) is 4. The lowest BCUT2D eigenvalue weighted by Gasteiger charge is -2.35. The van der Waals surface area contributed by atoms with Gasteiger partial charge >= 0.3 is 0 Å². The van der Waals surface area contributed by atoms with Gasteiger partial charge in [0, 0.05) is 50.2 Å². The zero-order chi connectivity index (χ0) is 18.5. The maximum atomic E-state index is 12.9. The SMILES string of the molecule is O=C(c1ccnc(NC2CCCCC2)c1)N1CCN(c2ccccn2)CC1. The van der Waals surface area contributed by atoms with Crippen molar-refractivity contribution in [2.45, 2.75) is 38.1 Å². The van der Waals surface area contributed by atoms with E-state index < -0.39 is 0 Å². The molecule has 1 saturated carbocycles. The van der Waals surface area contributed by atoms with Crippen molar-refractivity contribution in [1.82, 2.24) is 14.9 Å². The van der Waals surface area contributed by atoms with Gasteiger partial charge in [0.2, 0.25) is 0 Å². The number of pyridine rings is 2. The third kappa shape index (κ3) is 4.38. The highest BCUT2D eigenvalue weighted by molar-refractivity contribution is 5.95. The number of nitrogens with one attached hydrogen (secondary N) is 1. The summed E-state index contributed by atoms with van der Waals surface area (Å²) in [6, 6.07) is 10.1. The van der Waals surface area contributed by atoms with Crippen LogP contribution in [-0.4, -0.2) is 53.0 Å². The van der Waals surface area contributed by atoms with Crippen molar-refractivity contribution in [1.29, 1.82) is 0 Å². The summed E-state index contributed by atoms with van der Waals surface area (Å²) in [5, 5.41) is 3.51. The van der Waals surface area contributed by atoms with Gasteiger partial charge in [0.15, 0.2) is 0 Å². The fraction of sp³-hybridized carbons (Fsp3) is 0.476. The molecule has 0 unspecified atom stereocenters. The minimum Gasteiger partial charge on any atom is -0.367 e. The molecule has 1 N–H and O–H groups in total. The largest absolute Gasteiger partial charge is 0.367 e. The standard InChI is InChI=1S/C21H27N5O/c27-21(26-14-12-25(13-15-26)20-8-4-5-10-23-20)17-9-11-22-19(16-17)24-18-6-2-1-3-7-18/h4-5,8-11,16,18H,1-3,6-7,12-15H2,(H,22,24). The Bertz CT molecular complexity index is 752. The maximum Gasteiger partial charge on any atom is 0.254 e. The molecule has 3 heterocycles. The molecule has 2 aromatic heterocycles. The summed E-state index contributed by atoms with van der Waals surface area (Å²) < 4.78 is 0. The molecule has 4 rings (SSSR count). The van der Waals surface area contributed by atoms with E-state index >= 15 is 0 Å². The fourth-order valence-electron chi connectivity index (χ4n) is 3.96. The highest BCUT2D eigenvalue weighted by atomic mass is 16.2. The highest BCUT2D eigenvalue weighted by Crippen LogP contribution is 2.21. The Kier molecular flexibility index (Phi) is 5.51. The van der Waals surface area contributed by atoms with Crippen LogP contribution in [0.15, 0.2) is 42.7 Å². The molecule has 0 aromatic carbocycles. The Balaban J connectivity index is 1.36. The molecule has 2 aliphatic rings. The van der Waals surface area contributed by atoms with Gasteiger partial charge in [-0.15, -0.1) is 0 Å². The second-order valence-electron chi connectivity index (χ2n) is 7.38. The molecule has 0 radical (unpaired) electrons. The van der Waals surface area contributed by atoms with Gasteiger partial charge < -0.3 is 15.1 Å². The third-order valence-electron chi connectivity index (χ3n) is 5.50. The zero-order valence-electron chi connectivity index (χ0n) is 15.7. The van der Waals surface area contributed by atoms with Gasteiger partial charge in [0.1, 0.15) is 11.6 Å². The Labute approximate surface area is 160 Å². The van der Waals surface area contributed by atoms with Crippen LogP contribution in [0.3, 0.4) is 0 Å². The molecule has 1 saturated heterocycles. The Morgan fingerprint density at radius 3 is 2.52 bits per heavy atom. The van der Waals surface area contributed by atoms with Crippen molar-refractivity contribution in [2.24, 2.45) is 0 Å². The maximum absolute atomic E-state index is 12.9. The van der Waals surface area contributed by atoms with Gasteiger partial charge in [-0.3, -0.25) is 4.79 Å². The summed E-state index contributed by atoms with van der Waals surface area (Å²) in [5.74, 6) is 1.89. The predicted octanol–water partition coefficient (Wildman–Crippen LogP) is 3.18. The van der Waals surface area contributed by atoms with E-state index in [9.17, 15) is 4.79 Å². The third-order valence-corrected chi connectivity index (χ3v) is 5.50. The number of piperazine rings is 1. The molecule has 2 aromatic rings. The van der Waals surface area contributed by atoms with Crippen LogP contribution in [0.1, 0.15) is 42.5 Å². The molecule has 2 fully saturated rings. The average Bonchev–Trinajstić information content (AvgIpc) is 2.75. The van der Waals surface area contributed by atoms with Crippen LogP contribution < -0.4 is 10.2 Å². The highest BCUT2D eigenvalue weighted by Gasteiger charge is 2.23.